The van der Waals surface area contributed by atoms with Gasteiger partial charge < -0.3 is 5.11 Å². The van der Waals surface area contributed by atoms with Gasteiger partial charge in [0, 0.05) is 21.2 Å². The van der Waals surface area contributed by atoms with Gasteiger partial charge in [0.2, 0.25) is 5.60 Å². The van der Waals surface area contributed by atoms with Crippen LogP contribution < -0.4 is 0 Å². The molecule has 0 saturated heterocycles. The Labute approximate surface area is 172 Å². The summed E-state index contributed by atoms with van der Waals surface area (Å²) in [4.78, 5) is 3.77. The third-order valence-electron chi connectivity index (χ3n) is 3.86. The predicted octanol–water partition coefficient (Wildman–Crippen LogP) is 4.25. The highest BCUT2D eigenvalue weighted by atomic mass is 35.5. The molecule has 0 aliphatic carbocycles. The van der Waals surface area contributed by atoms with Gasteiger partial charge in [-0.1, -0.05) is 29.1 Å². The number of nitrogens with zero attached hydrogens (tertiary/aromatic N) is 4. The highest BCUT2D eigenvalue weighted by molar-refractivity contribution is 6.34. The second-order valence-electron chi connectivity index (χ2n) is 5.80. The van der Waals surface area contributed by atoms with E-state index >= 15 is 0 Å². The van der Waals surface area contributed by atoms with Gasteiger partial charge in [0.15, 0.2) is 0 Å². The molecule has 0 bridgehead atoms. The molecule has 146 valence electrons. The van der Waals surface area contributed by atoms with Gasteiger partial charge >= 0.3 is 6.18 Å². The van der Waals surface area contributed by atoms with Crippen LogP contribution in [0.25, 0.3) is 5.69 Å². The van der Waals surface area contributed by atoms with Crippen LogP contribution in [0.15, 0.2) is 49.1 Å². The molecule has 1 aromatic heterocycles. The molecule has 1 heterocycles. The third-order valence-corrected chi connectivity index (χ3v) is 4.30. The summed E-state index contributed by atoms with van der Waals surface area (Å²) in [7, 11) is 0. The number of rotatable bonds is 2. The van der Waals surface area contributed by atoms with Crippen molar-refractivity contribution in [2.75, 3.05) is 0 Å². The molecule has 0 aliphatic rings. The first kappa shape index (κ1) is 20.7. The van der Waals surface area contributed by atoms with E-state index in [2.05, 4.69) is 16.0 Å². The van der Waals surface area contributed by atoms with Crippen LogP contribution >= 0.6 is 23.2 Å². The van der Waals surface area contributed by atoms with Crippen molar-refractivity contribution < 1.29 is 18.3 Å². The fourth-order valence-corrected chi connectivity index (χ4v) is 2.99. The van der Waals surface area contributed by atoms with Crippen LogP contribution in [-0.4, -0.2) is 26.0 Å². The Balaban J connectivity index is 2.08. The molecular formula is C19H9Cl2F3N4O. The minimum absolute atomic E-state index is 0.0825. The van der Waals surface area contributed by atoms with Crippen LogP contribution in [0.2, 0.25) is 10.0 Å². The molecule has 29 heavy (non-hydrogen) atoms. The first-order valence-electron chi connectivity index (χ1n) is 7.82. The highest BCUT2D eigenvalue weighted by Gasteiger charge is 2.54. The number of benzene rings is 2. The van der Waals surface area contributed by atoms with E-state index < -0.39 is 17.3 Å². The predicted molar refractivity (Wildman–Crippen MR) is 99.4 cm³/mol. The summed E-state index contributed by atoms with van der Waals surface area (Å²) in [5.41, 5.74) is -3.55. The Morgan fingerprint density at radius 2 is 1.76 bits per heavy atom. The first-order chi connectivity index (χ1) is 13.6. The number of hydrogen-bond acceptors (Lipinski definition) is 4. The maximum absolute atomic E-state index is 13.6. The Bertz CT molecular complexity index is 1140. The molecular weight excluding hydrogens is 428 g/mol. The molecule has 0 aliphatic heterocycles. The Morgan fingerprint density at radius 1 is 1.07 bits per heavy atom. The lowest BCUT2D eigenvalue weighted by Gasteiger charge is -2.26. The van der Waals surface area contributed by atoms with Crippen molar-refractivity contribution in [2.24, 2.45) is 0 Å². The fraction of sp³-hybridized carbons (Fsp3) is 0.105. The zero-order valence-electron chi connectivity index (χ0n) is 14.2. The number of aromatic nitrogens is 3. The minimum Gasteiger partial charge on any atom is -0.366 e. The lowest BCUT2D eigenvalue weighted by Crippen LogP contribution is -2.41. The molecule has 0 spiro atoms. The Morgan fingerprint density at radius 3 is 2.31 bits per heavy atom. The van der Waals surface area contributed by atoms with E-state index in [0.29, 0.717) is 5.69 Å². The minimum atomic E-state index is -5.13. The van der Waals surface area contributed by atoms with Crippen molar-refractivity contribution in [2.45, 2.75) is 11.8 Å². The monoisotopic (exact) mass is 436 g/mol. The molecule has 0 fully saturated rings. The van der Waals surface area contributed by atoms with Crippen molar-refractivity contribution in [1.82, 2.24) is 14.8 Å². The largest absolute Gasteiger partial charge is 0.433 e. The second kappa shape index (κ2) is 7.76. The van der Waals surface area contributed by atoms with E-state index in [0.717, 1.165) is 12.1 Å². The molecule has 0 amide bonds. The van der Waals surface area contributed by atoms with Crippen LogP contribution in [0.5, 0.6) is 0 Å². The van der Waals surface area contributed by atoms with Crippen LogP contribution in [0.4, 0.5) is 13.2 Å². The topological polar surface area (TPSA) is 74.7 Å². The lowest BCUT2D eigenvalue weighted by molar-refractivity contribution is -0.240. The standard InChI is InChI=1S/C19H9Cl2F3N4O/c20-15-6-14(7-16(21)8-15)18(29,19(22,23)24)4-3-12-1-2-17(13(5-12)9-25)28-11-26-10-27-28/h1-2,5-8,10-11,29H. The van der Waals surface area contributed by atoms with Crippen LogP contribution in [0, 0.1) is 23.2 Å². The smallest absolute Gasteiger partial charge is 0.366 e. The number of alkyl halides is 3. The van der Waals surface area contributed by atoms with E-state index in [-0.39, 0.29) is 21.2 Å². The molecule has 1 unspecified atom stereocenters. The third kappa shape index (κ3) is 4.20. The van der Waals surface area contributed by atoms with E-state index in [1.165, 1.54) is 41.6 Å². The SMILES string of the molecule is N#Cc1cc(C#CC(O)(c2cc(Cl)cc(Cl)c2)C(F)(F)F)ccc1-n1cncn1. The zero-order chi connectivity index (χ0) is 21.2. The lowest BCUT2D eigenvalue weighted by atomic mass is 9.93. The van der Waals surface area contributed by atoms with Gasteiger partial charge in [0.05, 0.1) is 11.3 Å². The van der Waals surface area contributed by atoms with E-state index in [9.17, 15) is 23.5 Å². The number of nitriles is 1. The van der Waals surface area contributed by atoms with Gasteiger partial charge in [0.1, 0.15) is 18.7 Å². The summed E-state index contributed by atoms with van der Waals surface area (Å²) < 4.78 is 42.3. The van der Waals surface area contributed by atoms with Crippen molar-refractivity contribution in [1.29, 1.82) is 5.26 Å². The van der Waals surface area contributed by atoms with E-state index in [1.54, 1.807) is 0 Å². The molecule has 0 saturated carbocycles. The average Bonchev–Trinajstić information content (AvgIpc) is 3.18. The maximum atomic E-state index is 13.6. The summed E-state index contributed by atoms with van der Waals surface area (Å²) in [5, 5.41) is 23.4. The molecule has 1 N–H and O–H groups in total. The van der Waals surface area contributed by atoms with Crippen molar-refractivity contribution in [3.05, 3.63) is 75.8 Å². The summed E-state index contributed by atoms with van der Waals surface area (Å²) in [6.45, 7) is 0. The van der Waals surface area contributed by atoms with Gasteiger partial charge in [-0.2, -0.15) is 23.5 Å². The summed E-state index contributed by atoms with van der Waals surface area (Å²) >= 11 is 11.5. The average molecular weight is 437 g/mol. The Hall–Kier alpha value is -3.04. The molecule has 3 rings (SSSR count). The number of aliphatic hydroxyl groups is 1. The fourth-order valence-electron chi connectivity index (χ4n) is 2.47. The first-order valence-corrected chi connectivity index (χ1v) is 8.57. The zero-order valence-corrected chi connectivity index (χ0v) is 15.8. The molecule has 3 aromatic rings. The maximum Gasteiger partial charge on any atom is 0.433 e. The van der Waals surface area contributed by atoms with Crippen LogP contribution in [-0.2, 0) is 5.60 Å². The van der Waals surface area contributed by atoms with Gasteiger partial charge in [0.25, 0.3) is 0 Å². The Kier molecular flexibility index (Phi) is 5.54. The quantitative estimate of drug-likeness (QED) is 0.609. The van der Waals surface area contributed by atoms with Gasteiger partial charge in [-0.05, 0) is 42.3 Å². The second-order valence-corrected chi connectivity index (χ2v) is 6.67. The molecule has 10 heteroatoms. The summed E-state index contributed by atoms with van der Waals surface area (Å²) in [6.07, 6.45) is -2.49. The number of halogens is 5. The summed E-state index contributed by atoms with van der Waals surface area (Å²) in [6, 6.07) is 9.16. The number of hydrogen-bond donors (Lipinski definition) is 1. The van der Waals surface area contributed by atoms with Crippen molar-refractivity contribution in [3.8, 4) is 23.6 Å². The van der Waals surface area contributed by atoms with Crippen LogP contribution in [0.3, 0.4) is 0 Å². The molecule has 1 atom stereocenters. The molecule has 0 radical (unpaired) electrons. The van der Waals surface area contributed by atoms with Gasteiger partial charge in [-0.3, -0.25) is 0 Å². The van der Waals surface area contributed by atoms with E-state index in [1.807, 2.05) is 12.0 Å². The molecule has 5 nitrogen and oxygen atoms in total. The summed E-state index contributed by atoms with van der Waals surface area (Å²) in [5.74, 6) is 4.12. The normalized spacial score (nSPS) is 13.1. The highest BCUT2D eigenvalue weighted by Crippen LogP contribution is 2.40. The van der Waals surface area contributed by atoms with Crippen LogP contribution in [0.1, 0.15) is 16.7 Å². The van der Waals surface area contributed by atoms with Gasteiger partial charge in [-0.15, -0.1) is 0 Å². The van der Waals surface area contributed by atoms with Crippen molar-refractivity contribution >= 4 is 23.2 Å². The van der Waals surface area contributed by atoms with Crippen molar-refractivity contribution in [3.63, 3.8) is 0 Å². The van der Waals surface area contributed by atoms with Gasteiger partial charge in [-0.25, -0.2) is 9.67 Å². The molecule has 2 aromatic carbocycles. The van der Waals surface area contributed by atoms with E-state index in [4.69, 9.17) is 23.2 Å².